The second kappa shape index (κ2) is 16.0. The van der Waals surface area contributed by atoms with E-state index in [0.717, 1.165) is 29.8 Å². The number of alkyl halides is 6. The lowest BCUT2D eigenvalue weighted by atomic mass is 9.93. The number of halogens is 7. The van der Waals surface area contributed by atoms with Crippen molar-refractivity contribution in [2.45, 2.75) is 51.5 Å². The summed E-state index contributed by atoms with van der Waals surface area (Å²) in [5.41, 5.74) is -0.0736. The van der Waals surface area contributed by atoms with Gasteiger partial charge in [0.1, 0.15) is 0 Å². The molecule has 0 radical (unpaired) electrons. The number of benzene rings is 3. The van der Waals surface area contributed by atoms with Crippen LogP contribution >= 0.6 is 11.6 Å². The van der Waals surface area contributed by atoms with E-state index >= 15 is 0 Å². The van der Waals surface area contributed by atoms with Crippen molar-refractivity contribution in [1.82, 2.24) is 25.6 Å². The van der Waals surface area contributed by atoms with Crippen LogP contribution in [-0.4, -0.2) is 58.5 Å². The number of carbonyl (C=O) groups is 3. The van der Waals surface area contributed by atoms with Gasteiger partial charge in [0.15, 0.2) is 6.61 Å². The maximum Gasteiger partial charge on any atom is 0.422 e. The number of hydrogen-bond acceptors (Lipinski definition) is 9. The number of carbonyl (C=O) groups excluding carboxylic acids is 3. The molecule has 1 saturated carbocycles. The highest BCUT2D eigenvalue weighted by molar-refractivity contribution is 6.39. The highest BCUT2D eigenvalue weighted by Crippen LogP contribution is 2.48. The Labute approximate surface area is 315 Å². The lowest BCUT2D eigenvalue weighted by Crippen LogP contribution is -2.45. The molecular formula is C36H35ClF6N8O4. The number of nitrogens with one attached hydrogen (secondary N) is 5. The fourth-order valence-corrected chi connectivity index (χ4v) is 5.33. The van der Waals surface area contributed by atoms with Crippen LogP contribution in [0.3, 0.4) is 0 Å². The molecule has 0 unspecified atom stereocenters. The van der Waals surface area contributed by atoms with Gasteiger partial charge in [0.05, 0.1) is 11.1 Å². The Balaban J connectivity index is 1.18. The van der Waals surface area contributed by atoms with Gasteiger partial charge in [-0.25, -0.2) is 0 Å². The third-order valence-corrected chi connectivity index (χ3v) is 8.59. The Kier molecular flexibility index (Phi) is 11.8. The van der Waals surface area contributed by atoms with E-state index in [4.69, 9.17) is 16.3 Å². The molecule has 1 aliphatic rings. The average molecular weight is 793 g/mol. The maximum atomic E-state index is 13.1. The van der Waals surface area contributed by atoms with E-state index in [2.05, 4.69) is 41.5 Å². The molecule has 0 saturated heterocycles. The molecule has 0 aliphatic heterocycles. The molecule has 1 fully saturated rings. The number of aromatic nitrogens is 3. The maximum absolute atomic E-state index is 13.1. The first-order valence-corrected chi connectivity index (χ1v) is 17.0. The fourth-order valence-electron chi connectivity index (χ4n) is 5.21. The smallest absolute Gasteiger partial charge is 0.422 e. The molecule has 0 bridgehead atoms. The fraction of sp³-hybridized carbons (Fsp3) is 0.333. The SMILES string of the molecule is Cc1cc(Nc2nc(NC3(c4ccc(Cl)cc4)CC3)nc(OCC(F)(F)F)n2)ccc1C(=O)NCC(C)(C)CNC(=O)C(=O)Nc1ccc(C(F)(F)F)cc1. The van der Waals surface area contributed by atoms with Crippen molar-refractivity contribution in [2.75, 3.05) is 35.6 Å². The van der Waals surface area contributed by atoms with Gasteiger partial charge >= 0.3 is 30.2 Å². The minimum absolute atomic E-state index is 0.00255. The van der Waals surface area contributed by atoms with Gasteiger partial charge in [-0.15, -0.1) is 0 Å². The summed E-state index contributed by atoms with van der Waals surface area (Å²) >= 11 is 6.03. The van der Waals surface area contributed by atoms with Crippen LogP contribution in [0, 0.1) is 12.3 Å². The van der Waals surface area contributed by atoms with Gasteiger partial charge in [0.25, 0.3) is 5.91 Å². The highest BCUT2D eigenvalue weighted by Gasteiger charge is 2.45. The molecule has 4 aromatic rings. The minimum atomic E-state index is -4.64. The van der Waals surface area contributed by atoms with E-state index in [9.17, 15) is 40.7 Å². The Morgan fingerprint density at radius 1 is 0.800 bits per heavy atom. The van der Waals surface area contributed by atoms with Gasteiger partial charge < -0.3 is 31.3 Å². The van der Waals surface area contributed by atoms with E-state index in [-0.39, 0.29) is 30.7 Å². The average Bonchev–Trinajstić information content (AvgIpc) is 3.88. The number of aryl methyl sites for hydroxylation is 1. The van der Waals surface area contributed by atoms with Gasteiger partial charge in [-0.3, -0.25) is 14.4 Å². The van der Waals surface area contributed by atoms with Crippen molar-refractivity contribution in [3.63, 3.8) is 0 Å². The zero-order chi connectivity index (χ0) is 40.2. The predicted octanol–water partition coefficient (Wildman–Crippen LogP) is 7.15. The molecule has 55 heavy (non-hydrogen) atoms. The molecule has 0 spiro atoms. The molecule has 292 valence electrons. The van der Waals surface area contributed by atoms with Crippen LogP contribution in [0.4, 0.5) is 49.6 Å². The number of ether oxygens (including phenoxy) is 1. The zero-order valence-corrected chi connectivity index (χ0v) is 30.3. The Bertz CT molecular complexity index is 2040. The quantitative estimate of drug-likeness (QED) is 0.0701. The summed E-state index contributed by atoms with van der Waals surface area (Å²) in [6.45, 7) is 3.55. The third-order valence-electron chi connectivity index (χ3n) is 8.34. The highest BCUT2D eigenvalue weighted by atomic mass is 35.5. The summed E-state index contributed by atoms with van der Waals surface area (Å²) in [6.07, 6.45) is -7.76. The monoisotopic (exact) mass is 792 g/mol. The normalized spacial score (nSPS) is 13.7. The summed E-state index contributed by atoms with van der Waals surface area (Å²) < 4.78 is 82.1. The van der Waals surface area contributed by atoms with Gasteiger partial charge in [0.2, 0.25) is 11.9 Å². The van der Waals surface area contributed by atoms with E-state index < -0.39 is 59.2 Å². The molecule has 1 heterocycles. The zero-order valence-electron chi connectivity index (χ0n) is 29.5. The summed E-state index contributed by atoms with van der Waals surface area (Å²) in [4.78, 5) is 50.2. The Morgan fingerprint density at radius 2 is 1.42 bits per heavy atom. The first-order valence-electron chi connectivity index (χ1n) is 16.6. The van der Waals surface area contributed by atoms with Crippen molar-refractivity contribution >= 4 is 52.6 Å². The lowest BCUT2D eigenvalue weighted by Gasteiger charge is -2.25. The Hall–Kier alpha value is -5.65. The largest absolute Gasteiger partial charge is 0.454 e. The summed E-state index contributed by atoms with van der Waals surface area (Å²) in [5, 5.41) is 14.1. The van der Waals surface area contributed by atoms with E-state index in [1.807, 2.05) is 12.1 Å². The van der Waals surface area contributed by atoms with Crippen LogP contribution in [0.15, 0.2) is 66.7 Å². The van der Waals surface area contributed by atoms with Crippen molar-refractivity contribution in [2.24, 2.45) is 5.41 Å². The van der Waals surface area contributed by atoms with E-state index in [1.165, 1.54) is 6.07 Å². The lowest BCUT2D eigenvalue weighted by molar-refractivity contribution is -0.154. The standard InChI is InChI=1S/C36H35ClF6N8O4/c1-20-16-25(47-30-48-31(50-32(49-30)55-19-35(38,39)40)51-34(14-15-34)21-4-8-23(37)9-5-21)12-13-26(20)27(52)44-17-33(2,3)18-45-28(53)29(54)46-24-10-6-22(7-11-24)36(41,42)43/h4-13,16H,14-15,17-19H2,1-3H3,(H,44,52)(H,45,53)(H,46,54)(H2,47,48,49,50,51). The minimum Gasteiger partial charge on any atom is -0.454 e. The van der Waals surface area contributed by atoms with Crippen LogP contribution in [0.2, 0.25) is 5.02 Å². The number of amides is 3. The van der Waals surface area contributed by atoms with Gasteiger partial charge in [-0.05, 0) is 90.9 Å². The molecule has 12 nitrogen and oxygen atoms in total. The number of anilines is 4. The summed E-state index contributed by atoms with van der Waals surface area (Å²) in [7, 11) is 0. The van der Waals surface area contributed by atoms with Crippen molar-refractivity contribution in [3.8, 4) is 6.01 Å². The van der Waals surface area contributed by atoms with Crippen LogP contribution in [0.5, 0.6) is 6.01 Å². The third kappa shape index (κ3) is 11.4. The second-order valence-corrected chi connectivity index (χ2v) is 14.0. The van der Waals surface area contributed by atoms with Crippen LogP contribution in [0.25, 0.3) is 0 Å². The molecular weight excluding hydrogens is 758 g/mol. The molecule has 3 aromatic carbocycles. The van der Waals surface area contributed by atoms with Gasteiger partial charge in [0, 0.05) is 35.1 Å². The first kappa shape index (κ1) is 40.5. The van der Waals surface area contributed by atoms with Crippen LogP contribution < -0.4 is 31.3 Å². The number of nitrogens with zero attached hydrogens (tertiary/aromatic N) is 3. The summed E-state index contributed by atoms with van der Waals surface area (Å²) in [5.74, 6) is -2.69. The number of rotatable bonds is 13. The topological polar surface area (TPSA) is 159 Å². The molecule has 5 N–H and O–H groups in total. The molecule has 1 aromatic heterocycles. The van der Waals surface area contributed by atoms with Crippen molar-refractivity contribution in [1.29, 1.82) is 0 Å². The molecule has 5 rings (SSSR count). The van der Waals surface area contributed by atoms with Crippen LogP contribution in [-0.2, 0) is 21.3 Å². The molecule has 3 amide bonds. The van der Waals surface area contributed by atoms with Gasteiger partial charge in [-0.2, -0.15) is 41.3 Å². The molecule has 1 aliphatic carbocycles. The van der Waals surface area contributed by atoms with E-state index in [1.54, 1.807) is 45.0 Å². The number of hydrogen-bond donors (Lipinski definition) is 5. The first-order chi connectivity index (χ1) is 25.7. The van der Waals surface area contributed by atoms with Crippen molar-refractivity contribution < 1.29 is 45.5 Å². The predicted molar refractivity (Wildman–Crippen MR) is 191 cm³/mol. The second-order valence-electron chi connectivity index (χ2n) is 13.6. The van der Waals surface area contributed by atoms with Crippen molar-refractivity contribution in [3.05, 3.63) is 94.0 Å². The van der Waals surface area contributed by atoms with E-state index in [0.29, 0.717) is 34.7 Å². The van der Waals surface area contributed by atoms with Gasteiger partial charge in [-0.1, -0.05) is 37.6 Å². The molecule has 19 heteroatoms. The van der Waals surface area contributed by atoms with Crippen LogP contribution in [0.1, 0.15) is 53.7 Å². The Morgan fingerprint density at radius 3 is 2.02 bits per heavy atom. The summed E-state index contributed by atoms with van der Waals surface area (Å²) in [6, 6.07) is 14.9. The molecule has 0 atom stereocenters.